The first-order valence-corrected chi connectivity index (χ1v) is 6.63. The Labute approximate surface area is 121 Å². The van der Waals surface area contributed by atoms with Crippen LogP contribution in [0.25, 0.3) is 11.6 Å². The quantitative estimate of drug-likeness (QED) is 0.704. The summed E-state index contributed by atoms with van der Waals surface area (Å²) in [7, 11) is 0. The fourth-order valence-corrected chi connectivity index (χ4v) is 2.55. The van der Waals surface area contributed by atoms with Gasteiger partial charge in [0.1, 0.15) is 0 Å². The van der Waals surface area contributed by atoms with Crippen LogP contribution in [0.3, 0.4) is 0 Å². The molecule has 0 saturated carbocycles. The maximum Gasteiger partial charge on any atom is 0.256 e. The van der Waals surface area contributed by atoms with E-state index in [1.165, 1.54) is 0 Å². The number of carbonyl (C=O) groups excluding carboxylic acids is 1. The van der Waals surface area contributed by atoms with Gasteiger partial charge in [-0.2, -0.15) is 0 Å². The number of anilines is 2. The van der Waals surface area contributed by atoms with Crippen LogP contribution in [0.4, 0.5) is 11.4 Å². The summed E-state index contributed by atoms with van der Waals surface area (Å²) in [4.78, 5) is 15.3. The van der Waals surface area contributed by atoms with Crippen LogP contribution in [0.2, 0.25) is 5.02 Å². The van der Waals surface area contributed by atoms with Crippen molar-refractivity contribution in [3.63, 3.8) is 0 Å². The minimum absolute atomic E-state index is 0.132. The van der Waals surface area contributed by atoms with E-state index in [0.717, 1.165) is 33.9 Å². The Morgan fingerprint density at radius 3 is 2.70 bits per heavy atom. The van der Waals surface area contributed by atoms with Crippen molar-refractivity contribution in [1.82, 2.24) is 4.98 Å². The highest BCUT2D eigenvalue weighted by Crippen LogP contribution is 2.35. The van der Waals surface area contributed by atoms with Gasteiger partial charge in [0, 0.05) is 27.7 Å². The topological polar surface area (TPSA) is 70.9 Å². The van der Waals surface area contributed by atoms with Gasteiger partial charge >= 0.3 is 0 Å². The second kappa shape index (κ2) is 4.42. The maximum absolute atomic E-state index is 12.1. The second-order valence-electron chi connectivity index (χ2n) is 4.90. The molecule has 0 saturated heterocycles. The monoisotopic (exact) mass is 287 g/mol. The molecule has 0 spiro atoms. The zero-order chi connectivity index (χ0) is 14.4. The van der Waals surface area contributed by atoms with Crippen LogP contribution in [0.15, 0.2) is 18.2 Å². The van der Waals surface area contributed by atoms with Crippen molar-refractivity contribution in [1.29, 1.82) is 0 Å². The summed E-state index contributed by atoms with van der Waals surface area (Å²) in [6.07, 6.45) is 1.82. The van der Waals surface area contributed by atoms with Crippen LogP contribution in [-0.4, -0.2) is 10.9 Å². The molecule has 0 radical (unpaired) electrons. The third-order valence-corrected chi connectivity index (χ3v) is 3.82. The molecule has 3 rings (SSSR count). The number of aromatic amines is 1. The average molecular weight is 288 g/mol. The number of nitrogen functional groups attached to an aromatic ring is 1. The molecule has 2 aromatic rings. The van der Waals surface area contributed by atoms with Crippen LogP contribution in [-0.2, 0) is 4.79 Å². The van der Waals surface area contributed by atoms with Crippen LogP contribution in [0.1, 0.15) is 22.5 Å². The van der Waals surface area contributed by atoms with Gasteiger partial charge in [0.05, 0.1) is 11.3 Å². The van der Waals surface area contributed by atoms with E-state index in [9.17, 15) is 4.79 Å². The zero-order valence-electron chi connectivity index (χ0n) is 11.2. The Balaban J connectivity index is 2.15. The maximum atomic E-state index is 12.1. The molecule has 1 aromatic heterocycles. The SMILES string of the molecule is Cc1[nH]c(C=C2C(=O)Nc3ccc(Cl)cc32)c(C)c1N. The van der Waals surface area contributed by atoms with Gasteiger partial charge in [0.25, 0.3) is 5.91 Å². The molecule has 1 aliphatic rings. The van der Waals surface area contributed by atoms with Crippen LogP contribution in [0, 0.1) is 13.8 Å². The number of benzene rings is 1. The van der Waals surface area contributed by atoms with Crippen molar-refractivity contribution in [3.8, 4) is 0 Å². The summed E-state index contributed by atoms with van der Waals surface area (Å²) < 4.78 is 0. The molecule has 1 aliphatic heterocycles. The van der Waals surface area contributed by atoms with E-state index in [-0.39, 0.29) is 5.91 Å². The largest absolute Gasteiger partial charge is 0.397 e. The standard InChI is InChI=1S/C15H14ClN3O/c1-7-13(18-8(2)14(7)17)6-11-10-5-9(16)3-4-12(10)19-15(11)20/h3-6,18H,17H2,1-2H3,(H,19,20). The highest BCUT2D eigenvalue weighted by molar-refractivity contribution is 6.36. The van der Waals surface area contributed by atoms with E-state index in [1.54, 1.807) is 18.2 Å². The molecule has 0 fully saturated rings. The van der Waals surface area contributed by atoms with Crippen molar-refractivity contribution in [2.75, 3.05) is 11.1 Å². The lowest BCUT2D eigenvalue weighted by molar-refractivity contribution is -0.110. The van der Waals surface area contributed by atoms with Crippen molar-refractivity contribution in [2.45, 2.75) is 13.8 Å². The molecular weight excluding hydrogens is 274 g/mol. The summed E-state index contributed by atoms with van der Waals surface area (Å²) >= 11 is 6.01. The van der Waals surface area contributed by atoms with Gasteiger partial charge in [0.2, 0.25) is 0 Å². The van der Waals surface area contributed by atoms with Gasteiger partial charge in [-0.1, -0.05) is 11.6 Å². The lowest BCUT2D eigenvalue weighted by Crippen LogP contribution is -2.03. The number of fused-ring (bicyclic) bond motifs is 1. The first-order valence-electron chi connectivity index (χ1n) is 6.25. The lowest BCUT2D eigenvalue weighted by atomic mass is 10.1. The molecule has 4 nitrogen and oxygen atoms in total. The first-order chi connectivity index (χ1) is 9.47. The van der Waals surface area contributed by atoms with Crippen molar-refractivity contribution in [2.24, 2.45) is 0 Å². The summed E-state index contributed by atoms with van der Waals surface area (Å²) in [5.41, 5.74) is 11.5. The molecule has 2 heterocycles. The number of rotatable bonds is 1. The Hall–Kier alpha value is -2.20. The predicted molar refractivity (Wildman–Crippen MR) is 82.6 cm³/mol. The van der Waals surface area contributed by atoms with Gasteiger partial charge in [0.15, 0.2) is 0 Å². The highest BCUT2D eigenvalue weighted by Gasteiger charge is 2.24. The van der Waals surface area contributed by atoms with Crippen molar-refractivity contribution in [3.05, 3.63) is 45.7 Å². The number of hydrogen-bond donors (Lipinski definition) is 3. The molecule has 0 bridgehead atoms. The summed E-state index contributed by atoms with van der Waals surface area (Å²) in [5.74, 6) is -0.132. The number of nitrogens with two attached hydrogens (primary N) is 1. The number of aromatic nitrogens is 1. The smallest absolute Gasteiger partial charge is 0.256 e. The van der Waals surface area contributed by atoms with Crippen LogP contribution >= 0.6 is 11.6 Å². The number of H-pyrrole nitrogens is 1. The second-order valence-corrected chi connectivity index (χ2v) is 5.34. The third-order valence-electron chi connectivity index (χ3n) is 3.59. The number of hydrogen-bond acceptors (Lipinski definition) is 2. The number of amides is 1. The minimum Gasteiger partial charge on any atom is -0.397 e. The van der Waals surface area contributed by atoms with E-state index < -0.39 is 0 Å². The first kappa shape index (κ1) is 12.8. The number of carbonyl (C=O) groups is 1. The molecule has 5 heteroatoms. The Morgan fingerprint density at radius 2 is 2.05 bits per heavy atom. The molecule has 102 valence electrons. The van der Waals surface area contributed by atoms with E-state index >= 15 is 0 Å². The molecule has 1 aromatic carbocycles. The summed E-state index contributed by atoms with van der Waals surface area (Å²) in [6, 6.07) is 5.35. The predicted octanol–water partition coefficient (Wildman–Crippen LogP) is 3.36. The van der Waals surface area contributed by atoms with E-state index in [4.69, 9.17) is 17.3 Å². The fourth-order valence-electron chi connectivity index (χ4n) is 2.38. The molecule has 4 N–H and O–H groups in total. The Kier molecular flexibility index (Phi) is 2.83. The average Bonchev–Trinajstić information content (AvgIpc) is 2.83. The molecule has 0 aliphatic carbocycles. The van der Waals surface area contributed by atoms with Crippen LogP contribution < -0.4 is 11.1 Å². The number of halogens is 1. The van der Waals surface area contributed by atoms with E-state index in [2.05, 4.69) is 10.3 Å². The van der Waals surface area contributed by atoms with Crippen molar-refractivity contribution < 1.29 is 4.79 Å². The van der Waals surface area contributed by atoms with Crippen LogP contribution in [0.5, 0.6) is 0 Å². The molecule has 1 amide bonds. The molecule has 20 heavy (non-hydrogen) atoms. The summed E-state index contributed by atoms with van der Waals surface area (Å²) in [5, 5.41) is 3.43. The number of aryl methyl sites for hydroxylation is 1. The van der Waals surface area contributed by atoms with E-state index in [0.29, 0.717) is 10.6 Å². The van der Waals surface area contributed by atoms with Gasteiger partial charge in [-0.05, 0) is 43.7 Å². The van der Waals surface area contributed by atoms with Gasteiger partial charge in [-0.15, -0.1) is 0 Å². The van der Waals surface area contributed by atoms with Crippen molar-refractivity contribution >= 4 is 40.5 Å². The lowest BCUT2D eigenvalue weighted by Gasteiger charge is -1.99. The summed E-state index contributed by atoms with van der Waals surface area (Å²) in [6.45, 7) is 3.83. The highest BCUT2D eigenvalue weighted by atomic mass is 35.5. The molecule has 0 unspecified atom stereocenters. The van der Waals surface area contributed by atoms with Gasteiger partial charge < -0.3 is 16.0 Å². The van der Waals surface area contributed by atoms with Gasteiger partial charge in [-0.3, -0.25) is 4.79 Å². The zero-order valence-corrected chi connectivity index (χ0v) is 11.9. The number of nitrogens with one attached hydrogen (secondary N) is 2. The minimum atomic E-state index is -0.132. The third kappa shape index (κ3) is 1.89. The Bertz CT molecular complexity index is 759. The molecular formula is C15H14ClN3O. The van der Waals surface area contributed by atoms with Gasteiger partial charge in [-0.25, -0.2) is 0 Å². The fraction of sp³-hybridized carbons (Fsp3) is 0.133. The Morgan fingerprint density at radius 1 is 1.30 bits per heavy atom. The molecule has 0 atom stereocenters. The normalized spacial score (nSPS) is 15.6. The van der Waals surface area contributed by atoms with E-state index in [1.807, 2.05) is 19.9 Å².